The van der Waals surface area contributed by atoms with Crippen molar-refractivity contribution < 1.29 is 43.9 Å². The molecule has 2 aromatic carbocycles. The van der Waals surface area contributed by atoms with Crippen LogP contribution in [0.2, 0.25) is 0 Å². The molecule has 0 fully saturated rings. The first-order valence-corrected chi connectivity index (χ1v) is 4.89. The van der Waals surface area contributed by atoms with Crippen LogP contribution in [0.5, 0.6) is 0 Å². The topological polar surface area (TPSA) is 0 Å². The second-order valence-corrected chi connectivity index (χ2v) is 3.82. The van der Waals surface area contributed by atoms with E-state index in [2.05, 4.69) is 0 Å². The van der Waals surface area contributed by atoms with Crippen LogP contribution >= 0.6 is 0 Å². The van der Waals surface area contributed by atoms with Gasteiger partial charge in [0.05, 0.1) is 10.8 Å². The van der Waals surface area contributed by atoms with Gasteiger partial charge in [0.2, 0.25) is 0 Å². The van der Waals surface area contributed by atoms with Gasteiger partial charge in [0, 0.05) is 0 Å². The van der Waals surface area contributed by atoms with Crippen molar-refractivity contribution in [2.45, 2.75) is 6.18 Å². The zero-order valence-corrected chi connectivity index (χ0v) is 9.28. The Kier molecular flexibility index (Phi) is 3.30. The van der Waals surface area contributed by atoms with Gasteiger partial charge in [0.25, 0.3) is 0 Å². The Morgan fingerprint density at radius 1 is 0.429 bits per heavy atom. The summed E-state index contributed by atoms with van der Waals surface area (Å²) in [4.78, 5) is 0. The maximum Gasteiger partial charge on any atom is 0.422 e. The molecule has 0 heterocycles. The highest BCUT2D eigenvalue weighted by Gasteiger charge is 2.42. The molecule has 0 saturated carbocycles. The van der Waals surface area contributed by atoms with Gasteiger partial charge in [-0.15, -0.1) is 0 Å². The number of fused-ring (bicyclic) bond motifs is 1. The number of hydrogen-bond acceptors (Lipinski definition) is 0. The van der Waals surface area contributed by atoms with E-state index >= 15 is 0 Å². The average molecular weight is 322 g/mol. The highest BCUT2D eigenvalue weighted by atomic mass is 19.4. The fourth-order valence-electron chi connectivity index (χ4n) is 1.73. The summed E-state index contributed by atoms with van der Waals surface area (Å²) in [5, 5.41) is -4.26. The Morgan fingerprint density at radius 2 is 0.762 bits per heavy atom. The molecule has 0 atom stereocenters. The molecule has 2 aromatic rings. The molecule has 0 nitrogen and oxygen atoms in total. The summed E-state index contributed by atoms with van der Waals surface area (Å²) in [6.07, 6.45) is -5.81. The summed E-state index contributed by atoms with van der Waals surface area (Å²) in [6, 6.07) is 0. The zero-order chi connectivity index (χ0) is 16.3. The fourth-order valence-corrected chi connectivity index (χ4v) is 1.73. The first kappa shape index (κ1) is 15.4. The fraction of sp³-hybridized carbons (Fsp3) is 0.0909. The lowest BCUT2D eigenvalue weighted by molar-refractivity contribution is -0.142. The van der Waals surface area contributed by atoms with Crippen molar-refractivity contribution in [2.75, 3.05) is 0 Å². The van der Waals surface area contributed by atoms with Crippen LogP contribution < -0.4 is 0 Å². The van der Waals surface area contributed by atoms with Gasteiger partial charge >= 0.3 is 6.18 Å². The van der Waals surface area contributed by atoms with Crippen LogP contribution in [0, 0.1) is 40.7 Å². The minimum atomic E-state index is -5.81. The lowest BCUT2D eigenvalue weighted by atomic mass is 10.0. The van der Waals surface area contributed by atoms with Gasteiger partial charge in [-0.25, -0.2) is 30.7 Å². The van der Waals surface area contributed by atoms with E-state index in [1.54, 1.807) is 0 Å². The normalized spacial score (nSPS) is 12.3. The summed E-state index contributed by atoms with van der Waals surface area (Å²) >= 11 is 0. The first-order valence-electron chi connectivity index (χ1n) is 4.89. The van der Waals surface area contributed by atoms with Crippen LogP contribution in [0.25, 0.3) is 10.8 Å². The maximum absolute atomic E-state index is 13.5. The van der Waals surface area contributed by atoms with E-state index in [4.69, 9.17) is 0 Å². The van der Waals surface area contributed by atoms with Crippen molar-refractivity contribution in [1.82, 2.24) is 0 Å². The first-order chi connectivity index (χ1) is 9.50. The van der Waals surface area contributed by atoms with Gasteiger partial charge < -0.3 is 0 Å². The summed E-state index contributed by atoms with van der Waals surface area (Å²) in [5.74, 6) is -18.8. The lowest BCUT2D eigenvalue weighted by Crippen LogP contribution is -2.15. The summed E-state index contributed by atoms with van der Waals surface area (Å²) < 4.78 is 130. The number of alkyl halides is 3. The minimum Gasteiger partial charge on any atom is -0.205 e. The van der Waals surface area contributed by atoms with E-state index in [1.807, 2.05) is 0 Å². The average Bonchev–Trinajstić information content (AvgIpc) is 2.36. The van der Waals surface area contributed by atoms with Crippen LogP contribution in [0.3, 0.4) is 0 Å². The van der Waals surface area contributed by atoms with Crippen LogP contribution in [0.4, 0.5) is 43.9 Å². The highest BCUT2D eigenvalue weighted by Crippen LogP contribution is 2.40. The summed E-state index contributed by atoms with van der Waals surface area (Å²) in [7, 11) is 0. The summed E-state index contributed by atoms with van der Waals surface area (Å²) in [6.45, 7) is 0. The number of benzene rings is 2. The van der Waals surface area contributed by atoms with E-state index in [1.165, 1.54) is 0 Å². The van der Waals surface area contributed by atoms with Crippen molar-refractivity contribution in [3.05, 3.63) is 46.3 Å². The van der Waals surface area contributed by atoms with E-state index in [0.29, 0.717) is 0 Å². The number of hydrogen-bond donors (Lipinski definition) is 0. The highest BCUT2D eigenvalue weighted by molar-refractivity contribution is 5.86. The van der Waals surface area contributed by atoms with E-state index in [0.717, 1.165) is 0 Å². The summed E-state index contributed by atoms with van der Waals surface area (Å²) in [5.41, 5.74) is -2.88. The maximum atomic E-state index is 13.5. The SMILES string of the molecule is Fc1c(F)c(F)c2c(F)c(C(F)(F)F)c(F)c(F)c2c1F. The molecule has 114 valence electrons. The van der Waals surface area contributed by atoms with E-state index in [-0.39, 0.29) is 0 Å². The Bertz CT molecular complexity index is 759. The third kappa shape index (κ3) is 2.00. The van der Waals surface area contributed by atoms with Gasteiger partial charge in [-0.1, -0.05) is 0 Å². The van der Waals surface area contributed by atoms with Gasteiger partial charge in [-0.2, -0.15) is 13.2 Å². The molecule has 0 radical (unpaired) electrons. The van der Waals surface area contributed by atoms with Crippen molar-refractivity contribution in [3.8, 4) is 0 Å². The Labute approximate surface area is 108 Å². The third-order valence-corrected chi connectivity index (χ3v) is 2.62. The quantitative estimate of drug-likeness (QED) is 0.370. The molecule has 0 spiro atoms. The lowest BCUT2D eigenvalue weighted by Gasteiger charge is -2.14. The van der Waals surface area contributed by atoms with Gasteiger partial charge in [0.15, 0.2) is 34.9 Å². The molecule has 10 heteroatoms. The molecule has 0 N–H and O–H groups in total. The molecule has 2 rings (SSSR count). The van der Waals surface area contributed by atoms with Gasteiger partial charge in [0.1, 0.15) is 11.4 Å². The van der Waals surface area contributed by atoms with Crippen molar-refractivity contribution in [3.63, 3.8) is 0 Å². The van der Waals surface area contributed by atoms with Gasteiger partial charge in [-0.3, -0.25) is 0 Å². The van der Waals surface area contributed by atoms with Crippen molar-refractivity contribution >= 4 is 10.8 Å². The Hall–Kier alpha value is -2.00. The van der Waals surface area contributed by atoms with Crippen molar-refractivity contribution in [2.24, 2.45) is 0 Å². The molecule has 0 aliphatic heterocycles. The van der Waals surface area contributed by atoms with Crippen LogP contribution in [-0.2, 0) is 6.18 Å². The molecule has 0 amide bonds. The largest absolute Gasteiger partial charge is 0.422 e. The van der Waals surface area contributed by atoms with E-state index in [9.17, 15) is 43.9 Å². The molecule has 0 saturated heterocycles. The van der Waals surface area contributed by atoms with Crippen LogP contribution in [0.15, 0.2) is 0 Å². The molecule has 0 aliphatic rings. The molecule has 0 aromatic heterocycles. The van der Waals surface area contributed by atoms with Crippen molar-refractivity contribution in [1.29, 1.82) is 0 Å². The zero-order valence-electron chi connectivity index (χ0n) is 9.28. The third-order valence-electron chi connectivity index (χ3n) is 2.62. The Balaban J connectivity index is 3.19. The molecule has 0 bridgehead atoms. The minimum absolute atomic E-state index is 2.09. The second-order valence-electron chi connectivity index (χ2n) is 3.82. The Morgan fingerprint density at radius 3 is 1.14 bits per heavy atom. The smallest absolute Gasteiger partial charge is 0.205 e. The van der Waals surface area contributed by atoms with Crippen LogP contribution in [0.1, 0.15) is 5.56 Å². The molecular formula is C11F10. The molecule has 21 heavy (non-hydrogen) atoms. The van der Waals surface area contributed by atoms with Crippen LogP contribution in [-0.4, -0.2) is 0 Å². The second kappa shape index (κ2) is 4.50. The standard InChI is InChI=1S/C11F10/c12-4-1-2(7(15)10(18)9(17)6(1)14)5(13)8(16)3(4)11(19,20)21. The molecule has 0 unspecified atom stereocenters. The molecular weight excluding hydrogens is 322 g/mol. The predicted molar refractivity (Wildman–Crippen MR) is 48.7 cm³/mol. The van der Waals surface area contributed by atoms with Gasteiger partial charge in [-0.05, 0) is 0 Å². The molecule has 0 aliphatic carbocycles. The number of halogens is 10. The monoisotopic (exact) mass is 322 g/mol. The predicted octanol–water partition coefficient (Wildman–Crippen LogP) is 4.83. The van der Waals surface area contributed by atoms with E-state index < -0.39 is 63.2 Å². The number of rotatable bonds is 0.